The van der Waals surface area contributed by atoms with Crippen LogP contribution in [0.25, 0.3) is 17.0 Å². The first-order chi connectivity index (χ1) is 13.5. The molecule has 0 spiro atoms. The molecule has 0 N–H and O–H groups in total. The standard InChI is InChI=1S/C24H25N3O/c1-24(2,3)19-11-9-16(10-12-19)22-25-26-23(28-22)17-7-8-18-15-27-13-5-4-6-21(27)20(18)14-17/h4-7,9-12,14,18H,8,13,15H2,1-3H3. The number of nitrogens with zero attached hydrogens (tertiary/aromatic N) is 3. The minimum absolute atomic E-state index is 0.131. The van der Waals surface area contributed by atoms with Crippen molar-refractivity contribution in [2.24, 2.45) is 5.92 Å². The maximum atomic E-state index is 6.04. The molecule has 1 fully saturated rings. The first-order valence-corrected chi connectivity index (χ1v) is 9.98. The lowest BCUT2D eigenvalue weighted by Crippen LogP contribution is -2.20. The molecule has 0 amide bonds. The Morgan fingerprint density at radius 2 is 1.86 bits per heavy atom. The van der Waals surface area contributed by atoms with Crippen LogP contribution in [0.15, 0.2) is 70.3 Å². The summed E-state index contributed by atoms with van der Waals surface area (Å²) >= 11 is 0. The lowest BCUT2D eigenvalue weighted by atomic mass is 9.87. The second kappa shape index (κ2) is 6.33. The monoisotopic (exact) mass is 371 g/mol. The molecule has 1 saturated heterocycles. The van der Waals surface area contributed by atoms with Crippen molar-refractivity contribution in [1.82, 2.24) is 15.1 Å². The summed E-state index contributed by atoms with van der Waals surface area (Å²) in [4.78, 5) is 2.45. The van der Waals surface area contributed by atoms with E-state index in [9.17, 15) is 0 Å². The Hall–Kier alpha value is -2.88. The number of benzene rings is 1. The molecule has 5 rings (SSSR count). The van der Waals surface area contributed by atoms with E-state index in [-0.39, 0.29) is 5.41 Å². The molecule has 1 aromatic carbocycles. The van der Waals surface area contributed by atoms with Crippen molar-refractivity contribution in [2.75, 3.05) is 13.1 Å². The number of rotatable bonds is 2. The topological polar surface area (TPSA) is 42.2 Å². The van der Waals surface area contributed by atoms with E-state index < -0.39 is 0 Å². The van der Waals surface area contributed by atoms with Crippen molar-refractivity contribution in [3.05, 3.63) is 77.4 Å². The zero-order valence-electron chi connectivity index (χ0n) is 16.6. The van der Waals surface area contributed by atoms with Gasteiger partial charge >= 0.3 is 0 Å². The van der Waals surface area contributed by atoms with Gasteiger partial charge in [0.05, 0.1) is 0 Å². The molecule has 3 aliphatic rings. The van der Waals surface area contributed by atoms with Crippen LogP contribution in [0.1, 0.15) is 38.6 Å². The van der Waals surface area contributed by atoms with Crippen molar-refractivity contribution in [3.63, 3.8) is 0 Å². The zero-order valence-corrected chi connectivity index (χ0v) is 16.6. The number of hydrogen-bond acceptors (Lipinski definition) is 4. The molecule has 2 aromatic rings. The zero-order chi connectivity index (χ0) is 19.3. The highest BCUT2D eigenvalue weighted by molar-refractivity contribution is 5.73. The van der Waals surface area contributed by atoms with E-state index in [1.54, 1.807) is 0 Å². The second-order valence-corrected chi connectivity index (χ2v) is 8.82. The van der Waals surface area contributed by atoms with Gasteiger partial charge in [0.25, 0.3) is 0 Å². The lowest BCUT2D eigenvalue weighted by molar-refractivity contribution is 0.397. The fraction of sp³-hybridized carbons (Fsp3) is 0.333. The van der Waals surface area contributed by atoms with Crippen LogP contribution in [0, 0.1) is 5.92 Å². The van der Waals surface area contributed by atoms with Gasteiger partial charge in [0.15, 0.2) is 0 Å². The molecular weight excluding hydrogens is 346 g/mol. The van der Waals surface area contributed by atoms with Gasteiger partial charge in [-0.3, -0.25) is 0 Å². The fourth-order valence-corrected chi connectivity index (χ4v) is 4.18. The Morgan fingerprint density at radius 3 is 2.64 bits per heavy atom. The van der Waals surface area contributed by atoms with Gasteiger partial charge in [-0.25, -0.2) is 0 Å². The van der Waals surface area contributed by atoms with E-state index in [1.807, 2.05) is 0 Å². The van der Waals surface area contributed by atoms with E-state index in [0.717, 1.165) is 30.6 Å². The van der Waals surface area contributed by atoms with Crippen LogP contribution in [0.2, 0.25) is 0 Å². The van der Waals surface area contributed by atoms with E-state index >= 15 is 0 Å². The first-order valence-electron chi connectivity index (χ1n) is 9.98. The van der Waals surface area contributed by atoms with Gasteiger partial charge in [-0.15, -0.1) is 10.2 Å². The van der Waals surface area contributed by atoms with Crippen LogP contribution in [-0.4, -0.2) is 28.2 Å². The van der Waals surface area contributed by atoms with Gasteiger partial charge in [0.2, 0.25) is 11.8 Å². The van der Waals surface area contributed by atoms with Crippen LogP contribution in [0.3, 0.4) is 0 Å². The van der Waals surface area contributed by atoms with Gasteiger partial charge in [-0.1, -0.05) is 51.1 Å². The summed E-state index contributed by atoms with van der Waals surface area (Å²) in [5, 5.41) is 8.63. The Balaban J connectivity index is 1.42. The number of hydrogen-bond donors (Lipinski definition) is 0. The molecule has 4 heteroatoms. The number of allylic oxidation sites excluding steroid dienone is 6. The molecule has 1 atom stereocenters. The van der Waals surface area contributed by atoms with Gasteiger partial charge < -0.3 is 9.32 Å². The van der Waals surface area contributed by atoms with Gasteiger partial charge in [0, 0.05) is 35.8 Å². The summed E-state index contributed by atoms with van der Waals surface area (Å²) in [6.45, 7) is 8.74. The third-order valence-electron chi connectivity index (χ3n) is 5.84. The van der Waals surface area contributed by atoms with Crippen LogP contribution in [0.4, 0.5) is 0 Å². The molecule has 1 aromatic heterocycles. The summed E-state index contributed by atoms with van der Waals surface area (Å²) in [7, 11) is 0. The largest absolute Gasteiger partial charge is 0.416 e. The van der Waals surface area contributed by atoms with Crippen molar-refractivity contribution in [3.8, 4) is 11.5 Å². The average molecular weight is 371 g/mol. The third-order valence-corrected chi connectivity index (χ3v) is 5.84. The second-order valence-electron chi connectivity index (χ2n) is 8.82. The number of aromatic nitrogens is 2. The van der Waals surface area contributed by atoms with Crippen LogP contribution >= 0.6 is 0 Å². The number of fused-ring (bicyclic) bond motifs is 3. The summed E-state index contributed by atoms with van der Waals surface area (Å²) in [6, 6.07) is 8.41. The van der Waals surface area contributed by atoms with Crippen molar-refractivity contribution < 1.29 is 4.42 Å². The smallest absolute Gasteiger partial charge is 0.248 e. The van der Waals surface area contributed by atoms with E-state index in [2.05, 4.69) is 90.5 Å². The molecule has 1 aliphatic carbocycles. The van der Waals surface area contributed by atoms with Crippen LogP contribution < -0.4 is 0 Å². The van der Waals surface area contributed by atoms with E-state index in [4.69, 9.17) is 4.42 Å². The first kappa shape index (κ1) is 17.2. The minimum Gasteiger partial charge on any atom is -0.416 e. The quantitative estimate of drug-likeness (QED) is 0.734. The SMILES string of the molecule is CC(C)(C)c1ccc(-c2nnc(C3=CCC4CN5CC=CC=C5C4=C3)o2)cc1. The Labute approximate surface area is 166 Å². The highest BCUT2D eigenvalue weighted by Crippen LogP contribution is 2.41. The van der Waals surface area contributed by atoms with Crippen LogP contribution in [0.5, 0.6) is 0 Å². The summed E-state index contributed by atoms with van der Waals surface area (Å²) < 4.78 is 6.04. The Kier molecular flexibility index (Phi) is 3.90. The molecule has 2 aliphatic heterocycles. The molecule has 0 saturated carbocycles. The summed E-state index contributed by atoms with van der Waals surface area (Å²) in [5.41, 5.74) is 6.16. The van der Waals surface area contributed by atoms with Gasteiger partial charge in [-0.2, -0.15) is 0 Å². The van der Waals surface area contributed by atoms with Gasteiger partial charge in [0.1, 0.15) is 0 Å². The van der Waals surface area contributed by atoms with Crippen molar-refractivity contribution >= 4 is 5.57 Å². The molecule has 28 heavy (non-hydrogen) atoms. The van der Waals surface area contributed by atoms with Crippen LogP contribution in [-0.2, 0) is 5.41 Å². The fourth-order valence-electron chi connectivity index (χ4n) is 4.18. The van der Waals surface area contributed by atoms with Gasteiger partial charge in [-0.05, 0) is 47.3 Å². The average Bonchev–Trinajstić information content (AvgIpc) is 3.32. The lowest BCUT2D eigenvalue weighted by Gasteiger charge is -2.20. The highest BCUT2D eigenvalue weighted by Gasteiger charge is 2.33. The normalized spacial score (nSPS) is 21.0. The molecule has 142 valence electrons. The minimum atomic E-state index is 0.131. The maximum Gasteiger partial charge on any atom is 0.248 e. The molecular formula is C24H25N3O. The molecule has 1 unspecified atom stereocenters. The highest BCUT2D eigenvalue weighted by atomic mass is 16.4. The van der Waals surface area contributed by atoms with Crippen molar-refractivity contribution in [2.45, 2.75) is 32.6 Å². The van der Waals surface area contributed by atoms with Crippen molar-refractivity contribution in [1.29, 1.82) is 0 Å². The Morgan fingerprint density at radius 1 is 1.07 bits per heavy atom. The third kappa shape index (κ3) is 2.93. The predicted molar refractivity (Wildman–Crippen MR) is 111 cm³/mol. The summed E-state index contributed by atoms with van der Waals surface area (Å²) in [6.07, 6.45) is 12.1. The van der Waals surface area contributed by atoms with E-state index in [1.165, 1.54) is 16.8 Å². The molecule has 4 nitrogen and oxygen atoms in total. The van der Waals surface area contributed by atoms with E-state index in [0.29, 0.717) is 17.7 Å². The predicted octanol–water partition coefficient (Wildman–Crippen LogP) is 5.13. The molecule has 0 radical (unpaired) electrons. The molecule has 3 heterocycles. The summed E-state index contributed by atoms with van der Waals surface area (Å²) in [5.74, 6) is 1.75. The maximum absolute atomic E-state index is 6.04. The molecule has 0 bridgehead atoms. The Bertz CT molecular complexity index is 1030.